The standard InChI is InChI=1S/C12H22N2O2S/c1-12(2,3)14(7-6-10(13)17)11(15)9-5-4-8-16-9/h9H,4-8H2,1-3H3,(H2,13,17). The average molecular weight is 258 g/mol. The molecule has 5 heteroatoms. The summed E-state index contributed by atoms with van der Waals surface area (Å²) in [7, 11) is 0. The van der Waals surface area contributed by atoms with Crippen molar-refractivity contribution < 1.29 is 9.53 Å². The molecule has 1 unspecified atom stereocenters. The Labute approximate surface area is 108 Å². The van der Waals surface area contributed by atoms with Crippen molar-refractivity contribution in [3.63, 3.8) is 0 Å². The van der Waals surface area contributed by atoms with Crippen LogP contribution in [-0.4, -0.2) is 40.6 Å². The number of carbonyl (C=O) groups is 1. The summed E-state index contributed by atoms with van der Waals surface area (Å²) in [6.45, 7) is 7.29. The normalized spacial score (nSPS) is 20.3. The maximum atomic E-state index is 12.3. The zero-order valence-electron chi connectivity index (χ0n) is 10.9. The molecule has 2 N–H and O–H groups in total. The molecule has 1 heterocycles. The molecule has 98 valence electrons. The van der Waals surface area contributed by atoms with Crippen molar-refractivity contribution in [3.8, 4) is 0 Å². The third kappa shape index (κ3) is 4.24. The fraction of sp³-hybridized carbons (Fsp3) is 0.833. The summed E-state index contributed by atoms with van der Waals surface area (Å²) in [6, 6.07) is 0. The van der Waals surface area contributed by atoms with Gasteiger partial charge < -0.3 is 15.4 Å². The number of rotatable bonds is 4. The summed E-state index contributed by atoms with van der Waals surface area (Å²) < 4.78 is 5.44. The Morgan fingerprint density at radius 3 is 2.59 bits per heavy atom. The van der Waals surface area contributed by atoms with Crippen LogP contribution in [0.25, 0.3) is 0 Å². The van der Waals surface area contributed by atoms with Gasteiger partial charge >= 0.3 is 0 Å². The number of nitrogens with two attached hydrogens (primary N) is 1. The van der Waals surface area contributed by atoms with Gasteiger partial charge in [0.25, 0.3) is 5.91 Å². The second kappa shape index (κ2) is 5.78. The van der Waals surface area contributed by atoms with E-state index in [1.54, 1.807) is 0 Å². The Kier molecular flexibility index (Phi) is 4.89. The molecule has 0 aromatic heterocycles. The molecule has 0 aliphatic carbocycles. The minimum absolute atomic E-state index is 0.0613. The van der Waals surface area contributed by atoms with Gasteiger partial charge in [0.15, 0.2) is 0 Å². The predicted octanol–water partition coefficient (Wildman–Crippen LogP) is 1.47. The van der Waals surface area contributed by atoms with Crippen LogP contribution >= 0.6 is 12.2 Å². The Morgan fingerprint density at radius 1 is 1.53 bits per heavy atom. The van der Waals surface area contributed by atoms with Gasteiger partial charge in [0.05, 0.1) is 4.99 Å². The van der Waals surface area contributed by atoms with Crippen LogP contribution in [0.1, 0.15) is 40.0 Å². The van der Waals surface area contributed by atoms with Crippen molar-refractivity contribution in [2.24, 2.45) is 5.73 Å². The first-order valence-electron chi connectivity index (χ1n) is 6.04. The lowest BCUT2D eigenvalue weighted by molar-refractivity contribution is -0.145. The fourth-order valence-corrected chi connectivity index (χ4v) is 2.04. The molecule has 17 heavy (non-hydrogen) atoms. The van der Waals surface area contributed by atoms with Crippen molar-refractivity contribution in [1.29, 1.82) is 0 Å². The van der Waals surface area contributed by atoms with E-state index >= 15 is 0 Å². The Balaban J connectivity index is 2.68. The van der Waals surface area contributed by atoms with Crippen molar-refractivity contribution in [1.82, 2.24) is 4.90 Å². The average Bonchev–Trinajstić information content (AvgIpc) is 2.67. The summed E-state index contributed by atoms with van der Waals surface area (Å²) in [6.07, 6.45) is 2.06. The molecule has 0 bridgehead atoms. The molecule has 1 fully saturated rings. The van der Waals surface area contributed by atoms with Crippen molar-refractivity contribution in [2.75, 3.05) is 13.2 Å². The Hall–Kier alpha value is -0.680. The molecule has 1 aliphatic rings. The van der Waals surface area contributed by atoms with Gasteiger partial charge in [-0.1, -0.05) is 12.2 Å². The molecular formula is C12H22N2O2S. The van der Waals surface area contributed by atoms with E-state index in [0.717, 1.165) is 12.8 Å². The van der Waals surface area contributed by atoms with E-state index in [2.05, 4.69) is 0 Å². The minimum Gasteiger partial charge on any atom is -0.393 e. The SMILES string of the molecule is CC(C)(C)N(CCC(N)=S)C(=O)C1CCCO1. The first kappa shape index (κ1) is 14.4. The monoisotopic (exact) mass is 258 g/mol. The van der Waals surface area contributed by atoms with Crippen molar-refractivity contribution in [2.45, 2.75) is 51.7 Å². The van der Waals surface area contributed by atoms with Gasteiger partial charge in [-0.3, -0.25) is 4.79 Å². The highest BCUT2D eigenvalue weighted by Gasteiger charge is 2.33. The highest BCUT2D eigenvalue weighted by molar-refractivity contribution is 7.80. The molecule has 0 saturated carbocycles. The van der Waals surface area contributed by atoms with Crippen molar-refractivity contribution in [3.05, 3.63) is 0 Å². The van der Waals surface area contributed by atoms with Crippen LogP contribution in [0.3, 0.4) is 0 Å². The van der Waals surface area contributed by atoms with E-state index in [9.17, 15) is 4.79 Å². The fourth-order valence-electron chi connectivity index (χ4n) is 1.94. The molecule has 0 spiro atoms. The summed E-state index contributed by atoms with van der Waals surface area (Å²) in [5.74, 6) is 0.0613. The zero-order valence-corrected chi connectivity index (χ0v) is 11.7. The van der Waals surface area contributed by atoms with E-state index < -0.39 is 0 Å². The molecular weight excluding hydrogens is 236 g/mol. The summed E-state index contributed by atoms with van der Waals surface area (Å²) in [4.78, 5) is 14.6. The highest BCUT2D eigenvalue weighted by Crippen LogP contribution is 2.21. The number of hydrogen-bond donors (Lipinski definition) is 1. The second-order valence-electron chi connectivity index (χ2n) is 5.38. The van der Waals surface area contributed by atoms with Crippen LogP contribution in [0, 0.1) is 0 Å². The molecule has 0 aromatic carbocycles. The first-order valence-corrected chi connectivity index (χ1v) is 6.44. The van der Waals surface area contributed by atoms with E-state index in [0.29, 0.717) is 24.6 Å². The van der Waals surface area contributed by atoms with Crippen LogP contribution in [0.5, 0.6) is 0 Å². The summed E-state index contributed by atoms with van der Waals surface area (Å²) in [5.41, 5.74) is 5.27. The van der Waals surface area contributed by atoms with Crippen LogP contribution in [0.4, 0.5) is 0 Å². The Bertz CT molecular complexity index is 293. The van der Waals surface area contributed by atoms with Gasteiger partial charge in [-0.15, -0.1) is 0 Å². The molecule has 0 radical (unpaired) electrons. The van der Waals surface area contributed by atoms with Gasteiger partial charge in [-0.2, -0.15) is 0 Å². The predicted molar refractivity (Wildman–Crippen MR) is 71.8 cm³/mol. The molecule has 1 rings (SSSR count). The first-order chi connectivity index (χ1) is 7.82. The largest absolute Gasteiger partial charge is 0.393 e. The topological polar surface area (TPSA) is 55.6 Å². The maximum absolute atomic E-state index is 12.3. The number of amides is 1. The van der Waals surface area contributed by atoms with Gasteiger partial charge in [0, 0.05) is 25.1 Å². The van der Waals surface area contributed by atoms with E-state index in [1.165, 1.54) is 0 Å². The number of carbonyl (C=O) groups excluding carboxylic acids is 1. The molecule has 0 aromatic rings. The van der Waals surface area contributed by atoms with E-state index in [4.69, 9.17) is 22.7 Å². The van der Waals surface area contributed by atoms with Crippen molar-refractivity contribution >= 4 is 23.1 Å². The molecule has 1 amide bonds. The zero-order chi connectivity index (χ0) is 13.1. The lowest BCUT2D eigenvalue weighted by atomic mass is 10.0. The smallest absolute Gasteiger partial charge is 0.252 e. The summed E-state index contributed by atoms with van der Waals surface area (Å²) >= 11 is 4.87. The van der Waals surface area contributed by atoms with Gasteiger partial charge in [-0.05, 0) is 33.6 Å². The Morgan fingerprint density at radius 2 is 2.18 bits per heavy atom. The van der Waals surface area contributed by atoms with Gasteiger partial charge in [0.1, 0.15) is 6.10 Å². The number of ether oxygens (including phenoxy) is 1. The quantitative estimate of drug-likeness (QED) is 0.776. The lowest BCUT2D eigenvalue weighted by Gasteiger charge is -2.37. The lowest BCUT2D eigenvalue weighted by Crippen LogP contribution is -2.50. The number of nitrogens with zero attached hydrogens (tertiary/aromatic N) is 1. The van der Waals surface area contributed by atoms with Gasteiger partial charge in [0.2, 0.25) is 0 Å². The molecule has 1 saturated heterocycles. The molecule has 4 nitrogen and oxygen atoms in total. The van der Waals surface area contributed by atoms with E-state index in [-0.39, 0.29) is 17.6 Å². The van der Waals surface area contributed by atoms with Crippen LogP contribution in [0.15, 0.2) is 0 Å². The highest BCUT2D eigenvalue weighted by atomic mass is 32.1. The van der Waals surface area contributed by atoms with Crippen LogP contribution in [-0.2, 0) is 9.53 Å². The van der Waals surface area contributed by atoms with Crippen LogP contribution in [0.2, 0.25) is 0 Å². The van der Waals surface area contributed by atoms with Crippen LogP contribution < -0.4 is 5.73 Å². The number of thiocarbonyl (C=S) groups is 1. The third-order valence-corrected chi connectivity index (χ3v) is 3.07. The second-order valence-corrected chi connectivity index (χ2v) is 5.90. The summed E-state index contributed by atoms with van der Waals surface area (Å²) in [5, 5.41) is 0. The molecule has 1 atom stereocenters. The molecule has 1 aliphatic heterocycles. The third-order valence-electron chi connectivity index (χ3n) is 2.86. The maximum Gasteiger partial charge on any atom is 0.252 e. The van der Waals surface area contributed by atoms with Gasteiger partial charge in [-0.25, -0.2) is 0 Å². The number of hydrogen-bond acceptors (Lipinski definition) is 3. The van der Waals surface area contributed by atoms with E-state index in [1.807, 2.05) is 25.7 Å². The minimum atomic E-state index is -0.277.